The maximum Gasteiger partial charge on any atom is 0.250 e. The van der Waals surface area contributed by atoms with Gasteiger partial charge in [0.05, 0.1) is 11.5 Å². The van der Waals surface area contributed by atoms with E-state index in [1.165, 1.54) is 36.4 Å². The van der Waals surface area contributed by atoms with Gasteiger partial charge in [-0.05, 0) is 62.7 Å². The van der Waals surface area contributed by atoms with Crippen LogP contribution < -0.4 is 10.0 Å². The van der Waals surface area contributed by atoms with Gasteiger partial charge in [-0.3, -0.25) is 4.79 Å². The molecule has 0 heterocycles. The van der Waals surface area contributed by atoms with Gasteiger partial charge in [-0.2, -0.15) is 0 Å². The lowest BCUT2D eigenvalue weighted by molar-refractivity contribution is -0.121. The molecule has 8 heteroatoms. The fraction of sp³-hybridized carbons (Fsp3) is 0.316. The molecule has 0 saturated carbocycles. The molecule has 0 aromatic heterocycles. The lowest BCUT2D eigenvalue weighted by atomic mass is 10.1. The number of sulfonamides is 1. The van der Waals surface area contributed by atoms with Crippen molar-refractivity contribution >= 4 is 21.6 Å². The predicted molar refractivity (Wildman–Crippen MR) is 101 cm³/mol. The van der Waals surface area contributed by atoms with E-state index in [2.05, 4.69) is 10.0 Å². The number of rotatable bonds is 7. The Morgan fingerprint density at radius 2 is 1.63 bits per heavy atom. The maximum absolute atomic E-state index is 12.8. The van der Waals surface area contributed by atoms with Crippen molar-refractivity contribution in [2.75, 3.05) is 11.9 Å². The fourth-order valence-corrected chi connectivity index (χ4v) is 3.64. The highest BCUT2D eigenvalue weighted by Gasteiger charge is 2.21. The third kappa shape index (κ3) is 7.09. The lowest BCUT2D eigenvalue weighted by Crippen LogP contribution is -2.40. The number of ether oxygens (including phenoxy) is 1. The van der Waals surface area contributed by atoms with Crippen LogP contribution in [0.3, 0.4) is 0 Å². The summed E-state index contributed by atoms with van der Waals surface area (Å²) < 4.78 is 45.1. The SMILES string of the molecule is CC(C)(C)NS(=O)(=O)c1ccc(NC(=O)COCc2ccc(F)cc2)cc1. The van der Waals surface area contributed by atoms with E-state index in [-0.39, 0.29) is 29.8 Å². The van der Waals surface area contributed by atoms with Crippen LogP contribution in [0.4, 0.5) is 10.1 Å². The number of anilines is 1. The summed E-state index contributed by atoms with van der Waals surface area (Å²) in [5.41, 5.74) is 0.623. The summed E-state index contributed by atoms with van der Waals surface area (Å²) in [5.74, 6) is -0.708. The first-order chi connectivity index (χ1) is 12.5. The summed E-state index contributed by atoms with van der Waals surface area (Å²) in [5, 5.41) is 2.63. The molecule has 0 aliphatic carbocycles. The molecule has 2 aromatic rings. The van der Waals surface area contributed by atoms with Gasteiger partial charge >= 0.3 is 0 Å². The van der Waals surface area contributed by atoms with Gasteiger partial charge < -0.3 is 10.1 Å². The second-order valence-corrected chi connectivity index (χ2v) is 8.73. The van der Waals surface area contributed by atoms with Gasteiger partial charge in [0, 0.05) is 11.2 Å². The Morgan fingerprint density at radius 3 is 2.19 bits per heavy atom. The number of hydrogen-bond acceptors (Lipinski definition) is 4. The molecule has 0 saturated heterocycles. The van der Waals surface area contributed by atoms with Crippen molar-refractivity contribution in [3.05, 3.63) is 59.9 Å². The van der Waals surface area contributed by atoms with Gasteiger partial charge in [-0.25, -0.2) is 17.5 Å². The molecule has 146 valence electrons. The molecule has 6 nitrogen and oxygen atoms in total. The Bertz CT molecular complexity index is 873. The van der Waals surface area contributed by atoms with Crippen LogP contribution >= 0.6 is 0 Å². The van der Waals surface area contributed by atoms with Crippen molar-refractivity contribution in [1.82, 2.24) is 4.72 Å². The predicted octanol–water partition coefficient (Wildman–Crippen LogP) is 3.06. The van der Waals surface area contributed by atoms with Gasteiger partial charge in [0.25, 0.3) is 0 Å². The summed E-state index contributed by atoms with van der Waals surface area (Å²) in [6, 6.07) is 11.7. The third-order valence-corrected chi connectivity index (χ3v) is 5.08. The van der Waals surface area contributed by atoms with Gasteiger partial charge in [0.2, 0.25) is 15.9 Å². The van der Waals surface area contributed by atoms with Crippen LogP contribution in [0.1, 0.15) is 26.3 Å². The highest BCUT2D eigenvalue weighted by atomic mass is 32.2. The average molecular weight is 394 g/mol. The van der Waals surface area contributed by atoms with Gasteiger partial charge in [-0.1, -0.05) is 12.1 Å². The maximum atomic E-state index is 12.8. The van der Waals surface area contributed by atoms with E-state index in [0.29, 0.717) is 5.69 Å². The fourth-order valence-electron chi connectivity index (χ4n) is 2.22. The molecule has 0 atom stereocenters. The van der Waals surface area contributed by atoms with E-state index >= 15 is 0 Å². The quantitative estimate of drug-likeness (QED) is 0.756. The number of carbonyl (C=O) groups excluding carboxylic acids is 1. The van der Waals surface area contributed by atoms with Crippen molar-refractivity contribution in [2.24, 2.45) is 0 Å². The van der Waals surface area contributed by atoms with Crippen molar-refractivity contribution in [1.29, 1.82) is 0 Å². The average Bonchev–Trinajstić information content (AvgIpc) is 2.55. The van der Waals surface area contributed by atoms with Crippen molar-refractivity contribution in [2.45, 2.75) is 37.8 Å². The lowest BCUT2D eigenvalue weighted by Gasteiger charge is -2.20. The molecule has 0 bridgehead atoms. The molecule has 0 fully saturated rings. The zero-order valence-electron chi connectivity index (χ0n) is 15.5. The van der Waals surface area contributed by atoms with Crippen LogP contribution in [0.15, 0.2) is 53.4 Å². The van der Waals surface area contributed by atoms with Crippen molar-refractivity contribution in [3.63, 3.8) is 0 Å². The molecule has 0 radical (unpaired) electrons. The molecular weight excluding hydrogens is 371 g/mol. The highest BCUT2D eigenvalue weighted by Crippen LogP contribution is 2.16. The summed E-state index contributed by atoms with van der Waals surface area (Å²) in [6.45, 7) is 5.27. The molecule has 2 rings (SSSR count). The number of carbonyl (C=O) groups is 1. The minimum atomic E-state index is -3.63. The summed E-state index contributed by atoms with van der Waals surface area (Å²) >= 11 is 0. The zero-order valence-corrected chi connectivity index (χ0v) is 16.3. The van der Waals surface area contributed by atoms with E-state index in [9.17, 15) is 17.6 Å². The molecule has 2 N–H and O–H groups in total. The van der Waals surface area contributed by atoms with Crippen LogP contribution in [0.25, 0.3) is 0 Å². The molecular formula is C19H23FN2O4S. The van der Waals surface area contributed by atoms with Crippen LogP contribution in [-0.2, 0) is 26.2 Å². The number of amides is 1. The van der Waals surface area contributed by atoms with E-state index in [1.807, 2.05) is 0 Å². The first-order valence-corrected chi connectivity index (χ1v) is 9.80. The van der Waals surface area contributed by atoms with Gasteiger partial charge in [0.1, 0.15) is 12.4 Å². The first kappa shape index (κ1) is 21.0. The van der Waals surface area contributed by atoms with Crippen LogP contribution in [-0.4, -0.2) is 26.5 Å². The third-order valence-electron chi connectivity index (χ3n) is 3.30. The summed E-state index contributed by atoms with van der Waals surface area (Å²) in [7, 11) is -3.63. The molecule has 2 aromatic carbocycles. The smallest absolute Gasteiger partial charge is 0.250 e. The minimum Gasteiger partial charge on any atom is -0.367 e. The highest BCUT2D eigenvalue weighted by molar-refractivity contribution is 7.89. The Kier molecular flexibility index (Phi) is 6.69. The molecule has 27 heavy (non-hydrogen) atoms. The topological polar surface area (TPSA) is 84.5 Å². The van der Waals surface area contributed by atoms with E-state index in [0.717, 1.165) is 5.56 Å². The molecule has 0 spiro atoms. The monoisotopic (exact) mass is 394 g/mol. The van der Waals surface area contributed by atoms with E-state index < -0.39 is 15.6 Å². The molecule has 0 unspecified atom stereocenters. The summed E-state index contributed by atoms with van der Waals surface area (Å²) in [4.78, 5) is 12.0. The van der Waals surface area contributed by atoms with Gasteiger partial charge in [-0.15, -0.1) is 0 Å². The van der Waals surface area contributed by atoms with Crippen LogP contribution in [0.5, 0.6) is 0 Å². The first-order valence-electron chi connectivity index (χ1n) is 8.31. The van der Waals surface area contributed by atoms with Crippen LogP contribution in [0, 0.1) is 5.82 Å². The van der Waals surface area contributed by atoms with Crippen molar-refractivity contribution < 1.29 is 22.3 Å². The second kappa shape index (κ2) is 8.60. The Hall–Kier alpha value is -2.29. The number of nitrogens with one attached hydrogen (secondary N) is 2. The zero-order chi connectivity index (χ0) is 20.1. The number of hydrogen-bond donors (Lipinski definition) is 2. The molecule has 0 aliphatic rings. The van der Waals surface area contributed by atoms with E-state index in [4.69, 9.17) is 4.74 Å². The normalized spacial score (nSPS) is 12.0. The summed E-state index contributed by atoms with van der Waals surface area (Å²) in [6.07, 6.45) is 0. The van der Waals surface area contributed by atoms with Crippen molar-refractivity contribution in [3.8, 4) is 0 Å². The number of benzene rings is 2. The molecule has 1 amide bonds. The Morgan fingerprint density at radius 1 is 1.04 bits per heavy atom. The van der Waals surface area contributed by atoms with Crippen LogP contribution in [0.2, 0.25) is 0 Å². The second-order valence-electron chi connectivity index (χ2n) is 7.05. The largest absolute Gasteiger partial charge is 0.367 e. The Labute approximate surface area is 158 Å². The molecule has 0 aliphatic heterocycles. The Balaban J connectivity index is 1.86. The minimum absolute atomic E-state index is 0.114. The number of halogens is 1. The van der Waals surface area contributed by atoms with E-state index in [1.54, 1.807) is 32.9 Å². The standard InChI is InChI=1S/C19H23FN2O4S/c1-19(2,3)22-27(24,25)17-10-8-16(9-11-17)21-18(23)13-26-12-14-4-6-15(20)7-5-14/h4-11,22H,12-13H2,1-3H3,(H,21,23). The van der Waals surface area contributed by atoms with Gasteiger partial charge in [0.15, 0.2) is 0 Å².